The summed E-state index contributed by atoms with van der Waals surface area (Å²) in [5.74, 6) is 0. The predicted octanol–water partition coefficient (Wildman–Crippen LogP) is 5.76. The van der Waals surface area contributed by atoms with Crippen molar-refractivity contribution in [3.05, 3.63) is 133 Å². The zero-order chi connectivity index (χ0) is 16.3. The van der Waals surface area contributed by atoms with E-state index >= 15 is 0 Å². The van der Waals surface area contributed by atoms with E-state index in [0.717, 1.165) is 6.42 Å². The first kappa shape index (κ1) is 22.0. The fraction of sp³-hybridized carbons (Fsp3) is 0.0435. The molecule has 0 atom stereocenters. The maximum atomic E-state index is 2.99. The van der Waals surface area contributed by atoms with Gasteiger partial charge in [-0.25, -0.2) is 12.2 Å². The number of hydrogen-bond acceptors (Lipinski definition) is 0. The van der Waals surface area contributed by atoms with Crippen molar-refractivity contribution < 1.29 is 25.8 Å². The van der Waals surface area contributed by atoms with Crippen LogP contribution in [0.1, 0.15) is 6.42 Å². The number of allylic oxidation sites excluding steroid dienone is 4. The Morgan fingerprint density at radius 3 is 0.958 bits per heavy atom. The molecule has 3 aromatic carbocycles. The van der Waals surface area contributed by atoms with E-state index in [4.69, 9.17) is 0 Å². The van der Waals surface area contributed by atoms with E-state index in [1.54, 1.807) is 0 Å². The van der Waals surface area contributed by atoms with Crippen molar-refractivity contribution in [3.63, 3.8) is 0 Å². The summed E-state index contributed by atoms with van der Waals surface area (Å²) in [4.78, 5) is 0. The first-order valence-electron chi connectivity index (χ1n) is 7.45. The molecule has 0 radical (unpaired) electrons. The summed E-state index contributed by atoms with van der Waals surface area (Å²) in [7, 11) is 0. The van der Waals surface area contributed by atoms with Crippen LogP contribution < -0.4 is 0 Å². The molecular formula is C23H20Hf. The average molecular weight is 475 g/mol. The van der Waals surface area contributed by atoms with E-state index in [1.165, 1.54) is 0 Å². The first-order valence-corrected chi connectivity index (χ1v) is 7.45. The molecule has 0 heterocycles. The zero-order valence-electron chi connectivity index (χ0n) is 13.6. The Kier molecular flexibility index (Phi) is 17.5. The summed E-state index contributed by atoms with van der Waals surface area (Å²) in [6.45, 7) is 0. The maximum Gasteiger partial charge on any atom is 4.00 e. The molecule has 116 valence electrons. The van der Waals surface area contributed by atoms with Crippen molar-refractivity contribution in [1.29, 1.82) is 0 Å². The molecule has 1 aliphatic carbocycles. The molecule has 0 amide bonds. The monoisotopic (exact) mass is 476 g/mol. The summed E-state index contributed by atoms with van der Waals surface area (Å²) < 4.78 is 0. The second kappa shape index (κ2) is 19.1. The topological polar surface area (TPSA) is 0 Å². The van der Waals surface area contributed by atoms with Gasteiger partial charge in [-0.1, -0.05) is 0 Å². The van der Waals surface area contributed by atoms with Gasteiger partial charge in [-0.05, 0) is 0 Å². The summed E-state index contributed by atoms with van der Waals surface area (Å²) in [6.07, 6.45) is 10.0. The normalized spacial score (nSPS) is 9.67. The smallest absolute Gasteiger partial charge is 0.273 e. The minimum atomic E-state index is 0. The van der Waals surface area contributed by atoms with Crippen molar-refractivity contribution in [3.8, 4) is 0 Å². The molecule has 0 fully saturated rings. The average Bonchev–Trinajstić information content (AvgIpc) is 3.27. The Morgan fingerprint density at radius 2 is 0.875 bits per heavy atom. The van der Waals surface area contributed by atoms with E-state index in [-0.39, 0.29) is 25.8 Å². The van der Waals surface area contributed by atoms with Gasteiger partial charge in [-0.2, -0.15) is 115 Å². The van der Waals surface area contributed by atoms with Crippen molar-refractivity contribution >= 4 is 0 Å². The van der Waals surface area contributed by atoms with Crippen LogP contribution in [-0.2, 0) is 25.8 Å². The van der Waals surface area contributed by atoms with Crippen molar-refractivity contribution in [2.75, 3.05) is 0 Å². The van der Waals surface area contributed by atoms with Crippen LogP contribution in [0.15, 0.2) is 109 Å². The molecule has 4 rings (SSSR count). The largest absolute Gasteiger partial charge is 4.00 e. The molecule has 0 spiro atoms. The van der Waals surface area contributed by atoms with Gasteiger partial charge in [0.1, 0.15) is 0 Å². The Hall–Kier alpha value is -1.99. The van der Waals surface area contributed by atoms with Gasteiger partial charge >= 0.3 is 25.8 Å². The molecule has 24 heavy (non-hydrogen) atoms. The molecule has 3 aromatic rings. The number of hydrogen-bond donors (Lipinski definition) is 0. The van der Waals surface area contributed by atoms with Gasteiger partial charge in [-0.15, -0.1) is 6.42 Å². The zero-order valence-corrected chi connectivity index (χ0v) is 17.2. The van der Waals surface area contributed by atoms with Crippen LogP contribution >= 0.6 is 0 Å². The number of benzene rings is 3. The van der Waals surface area contributed by atoms with Crippen LogP contribution in [0.5, 0.6) is 0 Å². The molecule has 0 unspecified atom stereocenters. The second-order valence-electron chi connectivity index (χ2n) is 4.24. The molecule has 0 nitrogen and oxygen atoms in total. The van der Waals surface area contributed by atoms with Crippen LogP contribution in [0.2, 0.25) is 0 Å². The van der Waals surface area contributed by atoms with Crippen molar-refractivity contribution in [1.82, 2.24) is 0 Å². The standard InChI is InChI=1S/3C6H5.C5H5.Hf/c3*1-2-4-6-5-3-1;1-2-4-5-3-1;/h3*1-5H;1-3H,4H2;/q4*-1;+4. The van der Waals surface area contributed by atoms with Crippen LogP contribution in [0, 0.1) is 24.3 Å². The summed E-state index contributed by atoms with van der Waals surface area (Å²) >= 11 is 0. The number of rotatable bonds is 0. The minimum absolute atomic E-state index is 0. The van der Waals surface area contributed by atoms with Gasteiger partial charge in [0, 0.05) is 0 Å². The Bertz CT molecular complexity index is 436. The summed E-state index contributed by atoms with van der Waals surface area (Å²) in [5, 5.41) is 0. The Balaban J connectivity index is 0.000000291. The Labute approximate surface area is 165 Å². The molecule has 1 aliphatic rings. The van der Waals surface area contributed by atoms with Gasteiger partial charge in [0.25, 0.3) is 0 Å². The van der Waals surface area contributed by atoms with Crippen LogP contribution in [0.25, 0.3) is 0 Å². The van der Waals surface area contributed by atoms with Gasteiger partial charge in [0.15, 0.2) is 0 Å². The van der Waals surface area contributed by atoms with Crippen LogP contribution in [-0.4, -0.2) is 0 Å². The molecule has 0 saturated heterocycles. The van der Waals surface area contributed by atoms with E-state index in [0.29, 0.717) is 0 Å². The molecular weight excluding hydrogens is 455 g/mol. The van der Waals surface area contributed by atoms with E-state index < -0.39 is 0 Å². The van der Waals surface area contributed by atoms with Gasteiger partial charge in [-0.3, -0.25) is 6.08 Å². The molecule has 1 heteroatoms. The van der Waals surface area contributed by atoms with Crippen molar-refractivity contribution in [2.24, 2.45) is 0 Å². The summed E-state index contributed by atoms with van der Waals surface area (Å²) in [5.41, 5.74) is 0. The summed E-state index contributed by atoms with van der Waals surface area (Å²) in [6, 6.07) is 37.5. The predicted molar refractivity (Wildman–Crippen MR) is 97.4 cm³/mol. The molecule has 0 aliphatic heterocycles. The van der Waals surface area contributed by atoms with Gasteiger partial charge in [0.05, 0.1) is 0 Å². The maximum absolute atomic E-state index is 2.99. The van der Waals surface area contributed by atoms with Crippen molar-refractivity contribution in [2.45, 2.75) is 6.42 Å². The first-order chi connectivity index (χ1) is 11.5. The molecule has 0 aromatic heterocycles. The third-order valence-electron chi connectivity index (χ3n) is 2.41. The van der Waals surface area contributed by atoms with E-state index in [9.17, 15) is 0 Å². The third kappa shape index (κ3) is 16.4. The second-order valence-corrected chi connectivity index (χ2v) is 4.24. The van der Waals surface area contributed by atoms with E-state index in [1.807, 2.05) is 103 Å². The van der Waals surface area contributed by atoms with E-state index in [2.05, 4.69) is 30.4 Å². The molecule has 0 saturated carbocycles. The fourth-order valence-electron chi connectivity index (χ4n) is 1.37. The van der Waals surface area contributed by atoms with Crippen LogP contribution in [0.4, 0.5) is 0 Å². The van der Waals surface area contributed by atoms with Gasteiger partial charge < -0.3 is 0 Å². The SMILES string of the molecule is [C-]1=CC=CC1.[Hf+4].[c-]1ccccc1.[c-]1ccccc1.[c-]1ccccc1. The third-order valence-corrected chi connectivity index (χ3v) is 2.41. The minimum Gasteiger partial charge on any atom is -0.273 e. The Morgan fingerprint density at radius 1 is 0.500 bits per heavy atom. The quantitative estimate of drug-likeness (QED) is 0.287. The molecule has 0 N–H and O–H groups in total. The fourth-order valence-corrected chi connectivity index (χ4v) is 1.37. The van der Waals surface area contributed by atoms with Gasteiger partial charge in [0.2, 0.25) is 0 Å². The van der Waals surface area contributed by atoms with Crippen LogP contribution in [0.3, 0.4) is 0 Å². The molecule has 0 bridgehead atoms.